The van der Waals surface area contributed by atoms with Gasteiger partial charge in [0.2, 0.25) is 6.54 Å². The molecule has 0 bridgehead atoms. The number of aryl methyl sites for hydroxylation is 3. The third kappa shape index (κ3) is 3.53. The van der Waals surface area contributed by atoms with Gasteiger partial charge in [-0.2, -0.15) is 4.57 Å². The van der Waals surface area contributed by atoms with Crippen molar-refractivity contribution in [3.63, 3.8) is 0 Å². The van der Waals surface area contributed by atoms with Crippen LogP contribution in [0.25, 0.3) is 0 Å². The average molecular weight is 295 g/mol. The molecule has 0 atom stereocenters. The first-order valence-electron chi connectivity index (χ1n) is 8.14. The van der Waals surface area contributed by atoms with Gasteiger partial charge in [-0.3, -0.25) is 4.79 Å². The second-order valence-electron chi connectivity index (χ2n) is 6.01. The summed E-state index contributed by atoms with van der Waals surface area (Å²) in [5.41, 5.74) is 5.04. The standard InChI is InChI=1S/C19H22N2O/c1-2-4-15-9-11-21(12-10-15)14-19(22)20-18-8-7-16-5-3-6-17(16)13-18/h7-13H,2-6,14H2,1H3/p+1. The zero-order valence-electron chi connectivity index (χ0n) is 13.1. The number of nitrogens with zero attached hydrogens (tertiary/aromatic N) is 1. The molecule has 1 aliphatic carbocycles. The van der Waals surface area contributed by atoms with Crippen LogP contribution in [0.15, 0.2) is 42.7 Å². The van der Waals surface area contributed by atoms with Gasteiger partial charge < -0.3 is 5.32 Å². The highest BCUT2D eigenvalue weighted by Crippen LogP contribution is 2.24. The lowest BCUT2D eigenvalue weighted by Gasteiger charge is -2.06. The van der Waals surface area contributed by atoms with Crippen LogP contribution in [0.2, 0.25) is 0 Å². The van der Waals surface area contributed by atoms with Crippen LogP contribution in [-0.4, -0.2) is 5.91 Å². The second-order valence-corrected chi connectivity index (χ2v) is 6.01. The van der Waals surface area contributed by atoms with Crippen molar-refractivity contribution in [2.75, 3.05) is 5.32 Å². The van der Waals surface area contributed by atoms with E-state index in [1.54, 1.807) is 0 Å². The first kappa shape index (κ1) is 14.8. The number of carbonyl (C=O) groups excluding carboxylic acids is 1. The van der Waals surface area contributed by atoms with Gasteiger partial charge in [-0.05, 0) is 54.5 Å². The minimum absolute atomic E-state index is 0.0196. The van der Waals surface area contributed by atoms with Crippen molar-refractivity contribution in [2.45, 2.75) is 45.6 Å². The zero-order chi connectivity index (χ0) is 15.4. The molecule has 3 heteroatoms. The van der Waals surface area contributed by atoms with Gasteiger partial charge in [0.25, 0.3) is 5.91 Å². The molecule has 3 nitrogen and oxygen atoms in total. The summed E-state index contributed by atoms with van der Waals surface area (Å²) in [5.74, 6) is 0.0196. The molecule has 0 aliphatic heterocycles. The molecular weight excluding hydrogens is 272 g/mol. The molecule has 0 saturated heterocycles. The molecule has 1 aromatic heterocycles. The molecular formula is C19H23N2O+. The van der Waals surface area contributed by atoms with Crippen LogP contribution in [0.5, 0.6) is 0 Å². The molecule has 3 rings (SSSR count). The molecule has 0 saturated carbocycles. The van der Waals surface area contributed by atoms with Gasteiger partial charge >= 0.3 is 0 Å². The number of amides is 1. The lowest BCUT2D eigenvalue weighted by atomic mass is 10.1. The molecule has 0 unspecified atom stereocenters. The van der Waals surface area contributed by atoms with Crippen molar-refractivity contribution in [1.82, 2.24) is 0 Å². The van der Waals surface area contributed by atoms with Crippen LogP contribution in [0.3, 0.4) is 0 Å². The fourth-order valence-electron chi connectivity index (χ4n) is 3.06. The zero-order valence-corrected chi connectivity index (χ0v) is 13.1. The first-order valence-corrected chi connectivity index (χ1v) is 8.14. The van der Waals surface area contributed by atoms with Crippen molar-refractivity contribution < 1.29 is 9.36 Å². The van der Waals surface area contributed by atoms with Gasteiger partial charge in [0.1, 0.15) is 0 Å². The average Bonchev–Trinajstić information content (AvgIpc) is 2.97. The maximum absolute atomic E-state index is 12.2. The number of hydrogen-bond donors (Lipinski definition) is 1. The third-order valence-corrected chi connectivity index (χ3v) is 4.21. The van der Waals surface area contributed by atoms with E-state index in [1.165, 1.54) is 29.5 Å². The molecule has 0 radical (unpaired) electrons. The summed E-state index contributed by atoms with van der Waals surface area (Å²) in [4.78, 5) is 12.2. The molecule has 1 aliphatic rings. The number of rotatable bonds is 5. The second kappa shape index (κ2) is 6.73. The van der Waals surface area contributed by atoms with Crippen LogP contribution in [0.4, 0.5) is 5.69 Å². The number of pyridine rings is 1. The van der Waals surface area contributed by atoms with E-state index >= 15 is 0 Å². The molecule has 1 aromatic carbocycles. The van der Waals surface area contributed by atoms with Gasteiger partial charge in [-0.1, -0.05) is 19.4 Å². The van der Waals surface area contributed by atoms with Gasteiger partial charge in [0, 0.05) is 17.8 Å². The Labute approximate surface area is 132 Å². The smallest absolute Gasteiger partial charge is 0.290 e. The maximum atomic E-state index is 12.2. The number of anilines is 1. The molecule has 1 heterocycles. The monoisotopic (exact) mass is 295 g/mol. The fraction of sp³-hybridized carbons (Fsp3) is 0.368. The quantitative estimate of drug-likeness (QED) is 0.845. The molecule has 114 valence electrons. The highest BCUT2D eigenvalue weighted by atomic mass is 16.1. The van der Waals surface area contributed by atoms with E-state index in [1.807, 2.05) is 23.0 Å². The number of fused-ring (bicyclic) bond motifs is 1. The van der Waals surface area contributed by atoms with E-state index in [-0.39, 0.29) is 5.91 Å². The van der Waals surface area contributed by atoms with Gasteiger partial charge in [0.05, 0.1) is 0 Å². The van der Waals surface area contributed by atoms with Crippen LogP contribution < -0.4 is 9.88 Å². The SMILES string of the molecule is CCCc1cc[n+](CC(=O)Nc2ccc3c(c2)CCC3)cc1. The molecule has 2 aromatic rings. The Bertz CT molecular complexity index is 662. The highest BCUT2D eigenvalue weighted by Gasteiger charge is 2.13. The van der Waals surface area contributed by atoms with Crippen LogP contribution >= 0.6 is 0 Å². The van der Waals surface area contributed by atoms with E-state index in [4.69, 9.17) is 0 Å². The van der Waals surface area contributed by atoms with Crippen molar-refractivity contribution in [3.05, 3.63) is 59.4 Å². The van der Waals surface area contributed by atoms with Gasteiger partial charge in [-0.15, -0.1) is 0 Å². The fourth-order valence-corrected chi connectivity index (χ4v) is 3.06. The molecule has 22 heavy (non-hydrogen) atoms. The predicted molar refractivity (Wildman–Crippen MR) is 87.7 cm³/mol. The van der Waals surface area contributed by atoms with Crippen molar-refractivity contribution in [2.24, 2.45) is 0 Å². The van der Waals surface area contributed by atoms with E-state index in [0.29, 0.717) is 6.54 Å². The minimum Gasteiger partial charge on any atom is -0.321 e. The maximum Gasteiger partial charge on any atom is 0.290 e. The van der Waals surface area contributed by atoms with Gasteiger partial charge in [0.15, 0.2) is 12.4 Å². The van der Waals surface area contributed by atoms with Crippen LogP contribution in [0, 0.1) is 0 Å². The minimum atomic E-state index is 0.0196. The van der Waals surface area contributed by atoms with Crippen molar-refractivity contribution in [1.29, 1.82) is 0 Å². The Morgan fingerprint density at radius 3 is 2.68 bits per heavy atom. The largest absolute Gasteiger partial charge is 0.321 e. The lowest BCUT2D eigenvalue weighted by Crippen LogP contribution is -2.39. The Morgan fingerprint density at radius 2 is 1.91 bits per heavy atom. The summed E-state index contributed by atoms with van der Waals surface area (Å²) in [6.07, 6.45) is 9.72. The predicted octanol–water partition coefficient (Wildman–Crippen LogP) is 3.05. The summed E-state index contributed by atoms with van der Waals surface area (Å²) in [6, 6.07) is 10.5. The van der Waals surface area contributed by atoms with Crippen LogP contribution in [-0.2, 0) is 30.6 Å². The molecule has 1 N–H and O–H groups in total. The van der Waals surface area contributed by atoms with Crippen molar-refractivity contribution in [3.8, 4) is 0 Å². The normalized spacial score (nSPS) is 13.0. The Hall–Kier alpha value is -2.16. The topological polar surface area (TPSA) is 33.0 Å². The summed E-state index contributed by atoms with van der Waals surface area (Å²) < 4.78 is 1.92. The highest BCUT2D eigenvalue weighted by molar-refractivity contribution is 5.89. The summed E-state index contributed by atoms with van der Waals surface area (Å²) in [6.45, 7) is 2.52. The number of nitrogens with one attached hydrogen (secondary N) is 1. The van der Waals surface area contributed by atoms with E-state index in [0.717, 1.165) is 24.9 Å². The number of aromatic nitrogens is 1. The van der Waals surface area contributed by atoms with E-state index in [2.05, 4.69) is 36.5 Å². The van der Waals surface area contributed by atoms with Crippen LogP contribution in [0.1, 0.15) is 36.5 Å². The number of hydrogen-bond acceptors (Lipinski definition) is 1. The lowest BCUT2D eigenvalue weighted by molar-refractivity contribution is -0.684. The Morgan fingerprint density at radius 1 is 1.14 bits per heavy atom. The van der Waals surface area contributed by atoms with Crippen molar-refractivity contribution >= 4 is 11.6 Å². The Balaban J connectivity index is 1.60. The summed E-state index contributed by atoms with van der Waals surface area (Å²) in [7, 11) is 0. The van der Waals surface area contributed by atoms with E-state index < -0.39 is 0 Å². The molecule has 0 spiro atoms. The molecule has 1 amide bonds. The van der Waals surface area contributed by atoms with Gasteiger partial charge in [-0.25, -0.2) is 0 Å². The molecule has 0 fully saturated rings. The summed E-state index contributed by atoms with van der Waals surface area (Å²) >= 11 is 0. The summed E-state index contributed by atoms with van der Waals surface area (Å²) in [5, 5.41) is 3.00. The third-order valence-electron chi connectivity index (χ3n) is 4.21. The number of carbonyl (C=O) groups is 1. The first-order chi connectivity index (χ1) is 10.7. The number of benzene rings is 1. The Kier molecular flexibility index (Phi) is 4.52. The van der Waals surface area contributed by atoms with E-state index in [9.17, 15) is 4.79 Å².